The van der Waals surface area contributed by atoms with E-state index in [0.29, 0.717) is 12.6 Å². The SMILES string of the molecule is CC(CCC1CCCC1)NCC(C)(O)CN1CCOCC1. The zero-order valence-corrected chi connectivity index (χ0v) is 13.9. The maximum atomic E-state index is 10.6. The number of morpholine rings is 1. The second-order valence-electron chi connectivity index (χ2n) is 7.40. The van der Waals surface area contributed by atoms with Crippen molar-refractivity contribution in [3.8, 4) is 0 Å². The molecule has 1 aliphatic heterocycles. The highest BCUT2D eigenvalue weighted by molar-refractivity contribution is 4.82. The number of nitrogens with one attached hydrogen (secondary N) is 1. The first kappa shape index (κ1) is 17.2. The molecule has 2 atom stereocenters. The largest absolute Gasteiger partial charge is 0.388 e. The molecule has 0 bridgehead atoms. The molecule has 1 saturated carbocycles. The van der Waals surface area contributed by atoms with Gasteiger partial charge in [-0.15, -0.1) is 0 Å². The number of β-amino-alcohol motifs (C(OH)–C–C–N with tert-alkyl or cyclic N) is 1. The Morgan fingerprint density at radius 1 is 1.29 bits per heavy atom. The Kier molecular flexibility index (Phi) is 6.93. The van der Waals surface area contributed by atoms with Gasteiger partial charge in [0.1, 0.15) is 0 Å². The van der Waals surface area contributed by atoms with Crippen LogP contribution in [0.1, 0.15) is 52.4 Å². The van der Waals surface area contributed by atoms with Gasteiger partial charge < -0.3 is 15.2 Å². The van der Waals surface area contributed by atoms with Crippen molar-refractivity contribution in [1.82, 2.24) is 10.2 Å². The van der Waals surface area contributed by atoms with Crippen LogP contribution in [0.2, 0.25) is 0 Å². The number of aliphatic hydroxyl groups is 1. The maximum Gasteiger partial charge on any atom is 0.0869 e. The molecule has 0 amide bonds. The molecule has 4 heteroatoms. The topological polar surface area (TPSA) is 44.7 Å². The van der Waals surface area contributed by atoms with Crippen molar-refractivity contribution in [3.63, 3.8) is 0 Å². The van der Waals surface area contributed by atoms with E-state index in [-0.39, 0.29) is 0 Å². The van der Waals surface area contributed by atoms with Crippen LogP contribution < -0.4 is 5.32 Å². The van der Waals surface area contributed by atoms with Gasteiger partial charge in [0.05, 0.1) is 18.8 Å². The average molecular weight is 298 g/mol. The summed E-state index contributed by atoms with van der Waals surface area (Å²) in [5.41, 5.74) is -0.654. The summed E-state index contributed by atoms with van der Waals surface area (Å²) in [5.74, 6) is 0.961. The van der Waals surface area contributed by atoms with Crippen LogP contribution in [0.3, 0.4) is 0 Å². The first-order valence-corrected chi connectivity index (χ1v) is 8.81. The minimum absolute atomic E-state index is 0.502. The smallest absolute Gasteiger partial charge is 0.0869 e. The van der Waals surface area contributed by atoms with Gasteiger partial charge in [-0.3, -0.25) is 4.90 Å². The molecule has 2 aliphatic rings. The van der Waals surface area contributed by atoms with Crippen molar-refractivity contribution in [2.75, 3.05) is 39.4 Å². The molecule has 21 heavy (non-hydrogen) atoms. The van der Waals surface area contributed by atoms with Gasteiger partial charge in [-0.25, -0.2) is 0 Å². The summed E-state index contributed by atoms with van der Waals surface area (Å²) in [6.07, 6.45) is 8.31. The van der Waals surface area contributed by atoms with Crippen molar-refractivity contribution in [3.05, 3.63) is 0 Å². The lowest BCUT2D eigenvalue weighted by Crippen LogP contribution is -2.51. The molecular formula is C17H34N2O2. The second kappa shape index (κ2) is 8.47. The molecule has 2 unspecified atom stereocenters. The fraction of sp³-hybridized carbons (Fsp3) is 1.00. The lowest BCUT2D eigenvalue weighted by molar-refractivity contribution is -0.0228. The lowest BCUT2D eigenvalue weighted by atomic mass is 9.98. The highest BCUT2D eigenvalue weighted by Crippen LogP contribution is 2.28. The molecule has 0 aromatic heterocycles. The molecule has 1 saturated heterocycles. The van der Waals surface area contributed by atoms with Gasteiger partial charge in [0.25, 0.3) is 0 Å². The maximum absolute atomic E-state index is 10.6. The second-order valence-corrected chi connectivity index (χ2v) is 7.40. The summed E-state index contributed by atoms with van der Waals surface area (Å²) in [5, 5.41) is 14.1. The third kappa shape index (κ3) is 6.64. The third-order valence-electron chi connectivity index (χ3n) is 4.98. The van der Waals surface area contributed by atoms with Crippen molar-refractivity contribution in [1.29, 1.82) is 0 Å². The first-order chi connectivity index (χ1) is 10.1. The molecule has 2 fully saturated rings. The lowest BCUT2D eigenvalue weighted by Gasteiger charge is -2.34. The summed E-state index contributed by atoms with van der Waals surface area (Å²) in [7, 11) is 0. The Morgan fingerprint density at radius 3 is 2.62 bits per heavy atom. The van der Waals surface area contributed by atoms with E-state index in [0.717, 1.165) is 38.8 Å². The summed E-state index contributed by atoms with van der Waals surface area (Å²) in [6, 6.07) is 0.502. The zero-order chi connectivity index (χ0) is 15.1. The molecule has 0 aromatic rings. The summed E-state index contributed by atoms with van der Waals surface area (Å²) < 4.78 is 5.35. The standard InChI is InChI=1S/C17H34N2O2/c1-15(7-8-16-5-3-4-6-16)18-13-17(2,20)14-19-9-11-21-12-10-19/h15-16,18,20H,3-14H2,1-2H3. The van der Waals surface area contributed by atoms with E-state index in [9.17, 15) is 5.11 Å². The fourth-order valence-corrected chi connectivity index (χ4v) is 3.58. The minimum Gasteiger partial charge on any atom is -0.388 e. The van der Waals surface area contributed by atoms with Crippen molar-refractivity contribution in [2.45, 2.75) is 64.0 Å². The van der Waals surface area contributed by atoms with Crippen LogP contribution in [0, 0.1) is 5.92 Å². The highest BCUT2D eigenvalue weighted by atomic mass is 16.5. The van der Waals surface area contributed by atoms with Gasteiger partial charge in [-0.2, -0.15) is 0 Å². The number of rotatable bonds is 8. The molecule has 124 valence electrons. The molecule has 2 rings (SSSR count). The fourth-order valence-electron chi connectivity index (χ4n) is 3.58. The van der Waals surface area contributed by atoms with Crippen molar-refractivity contribution >= 4 is 0 Å². The van der Waals surface area contributed by atoms with E-state index in [1.165, 1.54) is 38.5 Å². The van der Waals surface area contributed by atoms with Gasteiger partial charge in [-0.1, -0.05) is 25.7 Å². The molecule has 2 N–H and O–H groups in total. The molecular weight excluding hydrogens is 264 g/mol. The normalized spacial score (nSPS) is 25.9. The Morgan fingerprint density at radius 2 is 1.95 bits per heavy atom. The number of hydrogen-bond acceptors (Lipinski definition) is 4. The molecule has 1 aliphatic carbocycles. The van der Waals surface area contributed by atoms with Crippen LogP contribution in [-0.2, 0) is 4.74 Å². The molecule has 0 radical (unpaired) electrons. The van der Waals surface area contributed by atoms with E-state index >= 15 is 0 Å². The van der Waals surface area contributed by atoms with E-state index < -0.39 is 5.60 Å². The summed E-state index contributed by atoms with van der Waals surface area (Å²) in [6.45, 7) is 9.07. The van der Waals surface area contributed by atoms with Crippen LogP contribution in [0.25, 0.3) is 0 Å². The van der Waals surface area contributed by atoms with Crippen LogP contribution in [0.15, 0.2) is 0 Å². The van der Waals surface area contributed by atoms with Gasteiger partial charge >= 0.3 is 0 Å². The predicted molar refractivity (Wildman–Crippen MR) is 86.5 cm³/mol. The third-order valence-corrected chi connectivity index (χ3v) is 4.98. The van der Waals surface area contributed by atoms with E-state index in [2.05, 4.69) is 17.1 Å². The van der Waals surface area contributed by atoms with E-state index in [1.807, 2.05) is 6.92 Å². The van der Waals surface area contributed by atoms with Crippen molar-refractivity contribution < 1.29 is 9.84 Å². The monoisotopic (exact) mass is 298 g/mol. The average Bonchev–Trinajstić information content (AvgIpc) is 2.97. The number of hydrogen-bond donors (Lipinski definition) is 2. The van der Waals surface area contributed by atoms with Crippen LogP contribution in [0.4, 0.5) is 0 Å². The number of ether oxygens (including phenoxy) is 1. The summed E-state index contributed by atoms with van der Waals surface area (Å²) >= 11 is 0. The minimum atomic E-state index is -0.654. The van der Waals surface area contributed by atoms with Crippen LogP contribution in [-0.4, -0.2) is 61.0 Å². The predicted octanol–water partition coefficient (Wildman–Crippen LogP) is 2.02. The Bertz CT molecular complexity index is 285. The molecule has 0 aromatic carbocycles. The van der Waals surface area contributed by atoms with Gasteiger partial charge in [0, 0.05) is 32.2 Å². The zero-order valence-electron chi connectivity index (χ0n) is 13.9. The Labute approximate surface area is 130 Å². The molecule has 0 spiro atoms. The van der Waals surface area contributed by atoms with E-state index in [1.54, 1.807) is 0 Å². The van der Waals surface area contributed by atoms with Gasteiger partial charge in [0.15, 0.2) is 0 Å². The van der Waals surface area contributed by atoms with Crippen molar-refractivity contribution in [2.24, 2.45) is 5.92 Å². The Hall–Kier alpha value is -0.160. The molecule has 4 nitrogen and oxygen atoms in total. The molecule has 1 heterocycles. The van der Waals surface area contributed by atoms with Crippen LogP contribution in [0.5, 0.6) is 0 Å². The number of nitrogens with zero attached hydrogens (tertiary/aromatic N) is 1. The van der Waals surface area contributed by atoms with E-state index in [4.69, 9.17) is 4.74 Å². The first-order valence-electron chi connectivity index (χ1n) is 8.81. The highest BCUT2D eigenvalue weighted by Gasteiger charge is 2.25. The quantitative estimate of drug-likeness (QED) is 0.719. The van der Waals surface area contributed by atoms with Crippen LogP contribution >= 0.6 is 0 Å². The van der Waals surface area contributed by atoms with Gasteiger partial charge in [0.2, 0.25) is 0 Å². The Balaban J connectivity index is 1.60. The van der Waals surface area contributed by atoms with Gasteiger partial charge in [-0.05, 0) is 32.6 Å². The summed E-state index contributed by atoms with van der Waals surface area (Å²) in [4.78, 5) is 2.30.